The Morgan fingerprint density at radius 2 is 1.61 bits per heavy atom. The summed E-state index contributed by atoms with van der Waals surface area (Å²) in [4.78, 5) is 56.9. The van der Waals surface area contributed by atoms with E-state index in [1.807, 2.05) is 72.8 Å². The van der Waals surface area contributed by atoms with Crippen LogP contribution in [-0.4, -0.2) is 89.6 Å². The van der Waals surface area contributed by atoms with Gasteiger partial charge < -0.3 is 19.6 Å². The van der Waals surface area contributed by atoms with Gasteiger partial charge in [-0.1, -0.05) is 97.6 Å². The zero-order valence-corrected chi connectivity index (χ0v) is 26.2. The molecule has 0 aromatic heterocycles. The maximum absolute atomic E-state index is 14.3. The van der Waals surface area contributed by atoms with Crippen LogP contribution >= 0.6 is 0 Å². The molecule has 2 aliphatic rings. The molecule has 238 valence electrons. The number of carboxylic acids is 1. The van der Waals surface area contributed by atoms with Crippen molar-refractivity contribution in [1.29, 1.82) is 0 Å². The predicted octanol–water partition coefficient (Wildman–Crippen LogP) is 5.21. The lowest BCUT2D eigenvalue weighted by Gasteiger charge is -2.38. The molecule has 9 heteroatoms. The minimum Gasteiger partial charge on any atom is -0.480 e. The van der Waals surface area contributed by atoms with E-state index in [9.17, 15) is 24.3 Å². The van der Waals surface area contributed by atoms with Gasteiger partial charge in [-0.2, -0.15) is 0 Å². The molecule has 0 bridgehead atoms. The van der Waals surface area contributed by atoms with Crippen LogP contribution in [0.5, 0.6) is 0 Å². The van der Waals surface area contributed by atoms with Gasteiger partial charge in [0.05, 0.1) is 0 Å². The first-order valence-electron chi connectivity index (χ1n) is 15.4. The van der Waals surface area contributed by atoms with Gasteiger partial charge in [0.25, 0.3) is 0 Å². The second-order valence-electron chi connectivity index (χ2n) is 11.7. The highest BCUT2D eigenvalue weighted by Crippen LogP contribution is 2.44. The zero-order valence-electron chi connectivity index (χ0n) is 26.2. The van der Waals surface area contributed by atoms with E-state index in [1.54, 1.807) is 6.08 Å². The smallest absolute Gasteiger partial charge is 0.410 e. The molecule has 0 saturated carbocycles. The lowest BCUT2D eigenvalue weighted by molar-refractivity contribution is -0.150. The molecule has 1 N–H and O–H groups in total. The number of likely N-dealkylation sites (N-methyl/N-ethyl adjacent to an activating group) is 2. The number of amides is 3. The molecule has 1 aliphatic carbocycles. The van der Waals surface area contributed by atoms with E-state index in [1.165, 1.54) is 23.9 Å². The Labute approximate surface area is 269 Å². The van der Waals surface area contributed by atoms with Crippen molar-refractivity contribution in [3.8, 4) is 11.1 Å². The number of benzene rings is 3. The zero-order chi connectivity index (χ0) is 32.8. The number of rotatable bonds is 10. The number of hydrogen-bond donors (Lipinski definition) is 1. The molecule has 3 amide bonds. The highest BCUT2D eigenvalue weighted by atomic mass is 16.6. The molecule has 9 nitrogen and oxygen atoms in total. The van der Waals surface area contributed by atoms with Crippen LogP contribution in [0.15, 0.2) is 91.5 Å². The summed E-state index contributed by atoms with van der Waals surface area (Å²) >= 11 is 0. The third-order valence-electron chi connectivity index (χ3n) is 8.78. The van der Waals surface area contributed by atoms with Crippen molar-refractivity contribution in [1.82, 2.24) is 14.7 Å². The standard InChI is InChI=1S/C37H39N3O6/c1-4-25-17-19-26(20-18-25)22-33(35(43)38(2)23-34(41)42)40-21-11-5-6-16-32(36(40)44)39(3)37(45)46-24-31-29-14-9-7-12-27(29)28-13-8-10-15-30(28)31/h4-10,12-15,17-20,31-33H,1,11,16,21-24H2,2-3H3,(H,41,42). The van der Waals surface area contributed by atoms with Crippen molar-refractivity contribution in [2.24, 2.45) is 0 Å². The number of carbonyl (C=O) groups excluding carboxylic acids is 3. The predicted molar refractivity (Wildman–Crippen MR) is 176 cm³/mol. The summed E-state index contributed by atoms with van der Waals surface area (Å²) in [5.74, 6) is -2.17. The molecule has 2 unspecified atom stereocenters. The lowest BCUT2D eigenvalue weighted by atomic mass is 9.98. The van der Waals surface area contributed by atoms with Crippen molar-refractivity contribution < 1.29 is 29.0 Å². The summed E-state index contributed by atoms with van der Waals surface area (Å²) in [6.45, 7) is 3.61. The van der Waals surface area contributed by atoms with Crippen molar-refractivity contribution in [2.75, 3.05) is 33.8 Å². The van der Waals surface area contributed by atoms with Crippen LogP contribution in [-0.2, 0) is 25.5 Å². The molecular formula is C37H39N3O6. The van der Waals surface area contributed by atoms with Crippen LogP contribution in [0.3, 0.4) is 0 Å². The number of carboxylic acid groups (broad SMARTS) is 1. The number of fused-ring (bicyclic) bond motifs is 3. The van der Waals surface area contributed by atoms with Crippen LogP contribution in [0.25, 0.3) is 17.2 Å². The normalized spacial score (nSPS) is 16.4. The largest absolute Gasteiger partial charge is 0.480 e. The Morgan fingerprint density at radius 1 is 0.978 bits per heavy atom. The van der Waals surface area contributed by atoms with E-state index >= 15 is 0 Å². The number of carbonyl (C=O) groups is 4. The monoisotopic (exact) mass is 621 g/mol. The summed E-state index contributed by atoms with van der Waals surface area (Å²) < 4.78 is 5.86. The molecule has 0 saturated heterocycles. The van der Waals surface area contributed by atoms with Crippen molar-refractivity contribution in [2.45, 2.75) is 37.3 Å². The van der Waals surface area contributed by atoms with Crippen LogP contribution in [0, 0.1) is 0 Å². The first kappa shape index (κ1) is 32.2. The van der Waals surface area contributed by atoms with E-state index in [2.05, 4.69) is 18.7 Å². The maximum Gasteiger partial charge on any atom is 0.410 e. The second kappa shape index (κ2) is 14.3. The molecule has 46 heavy (non-hydrogen) atoms. The lowest BCUT2D eigenvalue weighted by Crippen LogP contribution is -2.57. The van der Waals surface area contributed by atoms with Crippen molar-refractivity contribution in [3.05, 3.63) is 114 Å². The quantitative estimate of drug-likeness (QED) is 0.312. The van der Waals surface area contributed by atoms with E-state index in [-0.39, 0.29) is 31.9 Å². The average molecular weight is 622 g/mol. The van der Waals surface area contributed by atoms with Crippen LogP contribution in [0.2, 0.25) is 0 Å². The van der Waals surface area contributed by atoms with Crippen LogP contribution in [0.1, 0.15) is 41.0 Å². The summed E-state index contributed by atoms with van der Waals surface area (Å²) in [6.07, 6.45) is 5.81. The Morgan fingerprint density at radius 3 is 2.22 bits per heavy atom. The van der Waals surface area contributed by atoms with Gasteiger partial charge in [-0.15, -0.1) is 0 Å². The SMILES string of the molecule is C=Cc1ccc(CC(C(=O)N(C)CC(=O)O)N2CCC=CCC(N(C)C(=O)OCC3c4ccccc4-c4ccccc43)C2=O)cc1. The molecule has 0 fully saturated rings. The maximum atomic E-state index is 14.3. The third-order valence-corrected chi connectivity index (χ3v) is 8.78. The summed E-state index contributed by atoms with van der Waals surface area (Å²) in [5.41, 5.74) is 6.12. The molecule has 2 atom stereocenters. The average Bonchev–Trinajstić information content (AvgIpc) is 3.37. The Bertz CT molecular complexity index is 1600. The Hall–Kier alpha value is -5.18. The van der Waals surface area contributed by atoms with E-state index in [0.29, 0.717) is 6.42 Å². The van der Waals surface area contributed by atoms with Gasteiger partial charge in [0, 0.05) is 33.0 Å². The van der Waals surface area contributed by atoms with Gasteiger partial charge in [-0.3, -0.25) is 19.3 Å². The van der Waals surface area contributed by atoms with Crippen LogP contribution < -0.4 is 0 Å². The first-order valence-corrected chi connectivity index (χ1v) is 15.4. The van der Waals surface area contributed by atoms with Gasteiger partial charge in [-0.05, 0) is 46.2 Å². The fourth-order valence-corrected chi connectivity index (χ4v) is 6.29. The molecule has 5 rings (SSSR count). The van der Waals surface area contributed by atoms with E-state index in [0.717, 1.165) is 38.3 Å². The molecule has 3 aromatic carbocycles. The molecular weight excluding hydrogens is 582 g/mol. The number of ether oxygens (including phenoxy) is 1. The summed E-state index contributed by atoms with van der Waals surface area (Å²) in [7, 11) is 2.95. The van der Waals surface area contributed by atoms with Crippen molar-refractivity contribution >= 4 is 30.0 Å². The fourth-order valence-electron chi connectivity index (χ4n) is 6.29. The number of nitrogens with zero attached hydrogens (tertiary/aromatic N) is 3. The summed E-state index contributed by atoms with van der Waals surface area (Å²) in [5, 5.41) is 9.37. The Kier molecular flexibility index (Phi) is 10.0. The molecule has 0 radical (unpaired) electrons. The minimum absolute atomic E-state index is 0.111. The molecule has 0 spiro atoms. The van der Waals surface area contributed by atoms with Gasteiger partial charge in [-0.25, -0.2) is 4.79 Å². The molecule has 1 aliphatic heterocycles. The summed E-state index contributed by atoms with van der Waals surface area (Å²) in [6, 6.07) is 21.7. The highest BCUT2D eigenvalue weighted by Gasteiger charge is 2.39. The fraction of sp³-hybridized carbons (Fsp3) is 0.297. The third kappa shape index (κ3) is 6.88. The highest BCUT2D eigenvalue weighted by molar-refractivity contribution is 5.92. The second-order valence-corrected chi connectivity index (χ2v) is 11.7. The van der Waals surface area contributed by atoms with E-state index < -0.39 is 42.5 Å². The van der Waals surface area contributed by atoms with Crippen LogP contribution in [0.4, 0.5) is 4.79 Å². The topological polar surface area (TPSA) is 107 Å². The van der Waals surface area contributed by atoms with Gasteiger partial charge in [0.1, 0.15) is 25.2 Å². The Balaban J connectivity index is 1.36. The molecule has 1 heterocycles. The van der Waals surface area contributed by atoms with Gasteiger partial charge in [0.15, 0.2) is 0 Å². The number of hydrogen-bond acceptors (Lipinski definition) is 5. The van der Waals surface area contributed by atoms with Crippen molar-refractivity contribution in [3.63, 3.8) is 0 Å². The first-order chi connectivity index (χ1) is 22.2. The molecule has 3 aromatic rings. The van der Waals surface area contributed by atoms with Gasteiger partial charge >= 0.3 is 12.1 Å². The minimum atomic E-state index is -1.15. The number of aliphatic carboxylic acids is 1. The van der Waals surface area contributed by atoms with E-state index in [4.69, 9.17) is 4.74 Å². The van der Waals surface area contributed by atoms with Gasteiger partial charge in [0.2, 0.25) is 11.8 Å².